The zero-order valence-electron chi connectivity index (χ0n) is 10.5. The van der Waals surface area contributed by atoms with Crippen molar-refractivity contribution in [1.82, 2.24) is 0 Å². The molecule has 3 fully saturated rings. The van der Waals surface area contributed by atoms with Gasteiger partial charge in [-0.15, -0.1) is 0 Å². The molecule has 3 aliphatic rings. The van der Waals surface area contributed by atoms with Crippen LogP contribution >= 0.6 is 0 Å². The predicted octanol–water partition coefficient (Wildman–Crippen LogP) is 3.54. The Bertz CT molecular complexity index is 399. The van der Waals surface area contributed by atoms with Gasteiger partial charge in [-0.2, -0.15) is 0 Å². The average molecular weight is 231 g/mol. The molecule has 3 aliphatic carbocycles. The normalized spacial score (nSPS) is 43.0. The van der Waals surface area contributed by atoms with Gasteiger partial charge in [0.05, 0.1) is 12.0 Å². The lowest BCUT2D eigenvalue weighted by Gasteiger charge is -2.37. The number of furan rings is 1. The summed E-state index contributed by atoms with van der Waals surface area (Å²) in [6.07, 6.45) is 11.1. The van der Waals surface area contributed by atoms with Crippen molar-refractivity contribution in [2.24, 2.45) is 23.7 Å². The molecule has 2 heteroatoms. The minimum absolute atomic E-state index is 0.775. The molecule has 0 amide bonds. The Morgan fingerprint density at radius 3 is 2.88 bits per heavy atom. The summed E-state index contributed by atoms with van der Waals surface area (Å²) in [6, 6.07) is 2.87. The Morgan fingerprint density at radius 1 is 1.18 bits per heavy atom. The number of anilines is 1. The zero-order valence-corrected chi connectivity index (χ0v) is 10.5. The van der Waals surface area contributed by atoms with Crippen LogP contribution in [0.5, 0.6) is 0 Å². The van der Waals surface area contributed by atoms with Crippen LogP contribution in [-0.4, -0.2) is 13.1 Å². The number of rotatable bonds is 2. The average Bonchev–Trinajstić information content (AvgIpc) is 3.09. The van der Waals surface area contributed by atoms with Gasteiger partial charge in [0.1, 0.15) is 6.26 Å². The first kappa shape index (κ1) is 10.0. The highest BCUT2D eigenvalue weighted by atomic mass is 16.3. The van der Waals surface area contributed by atoms with Gasteiger partial charge in [-0.05, 0) is 55.4 Å². The topological polar surface area (TPSA) is 16.4 Å². The van der Waals surface area contributed by atoms with Gasteiger partial charge in [0, 0.05) is 13.1 Å². The molecule has 0 spiro atoms. The second-order valence-corrected chi connectivity index (χ2v) is 6.31. The van der Waals surface area contributed by atoms with Crippen molar-refractivity contribution < 1.29 is 4.42 Å². The van der Waals surface area contributed by atoms with Crippen molar-refractivity contribution in [2.45, 2.75) is 38.1 Å². The third-order valence-corrected chi connectivity index (χ3v) is 5.80. The Labute approximate surface area is 103 Å². The van der Waals surface area contributed by atoms with Gasteiger partial charge in [-0.3, -0.25) is 0 Å². The van der Waals surface area contributed by atoms with E-state index in [2.05, 4.69) is 18.0 Å². The molecule has 0 saturated heterocycles. The van der Waals surface area contributed by atoms with Gasteiger partial charge >= 0.3 is 0 Å². The van der Waals surface area contributed by atoms with Crippen molar-refractivity contribution >= 4 is 5.69 Å². The summed E-state index contributed by atoms with van der Waals surface area (Å²) in [5, 5.41) is 0. The molecule has 1 heterocycles. The predicted molar refractivity (Wildman–Crippen MR) is 67.9 cm³/mol. The maximum absolute atomic E-state index is 5.22. The SMILES string of the molecule is CN(c1ccoc1)C1CC2CC1C1CCCC21. The molecule has 2 bridgehead atoms. The van der Waals surface area contributed by atoms with Gasteiger partial charge in [0.25, 0.3) is 0 Å². The highest BCUT2D eigenvalue weighted by Gasteiger charge is 2.54. The first-order chi connectivity index (χ1) is 8.34. The molecule has 3 saturated carbocycles. The van der Waals surface area contributed by atoms with E-state index in [1.54, 1.807) is 6.26 Å². The minimum Gasteiger partial charge on any atom is -0.470 e. The summed E-state index contributed by atoms with van der Waals surface area (Å²) in [5.41, 5.74) is 1.26. The third-order valence-electron chi connectivity index (χ3n) is 5.80. The second-order valence-electron chi connectivity index (χ2n) is 6.31. The number of fused-ring (bicyclic) bond motifs is 5. The molecule has 92 valence electrons. The van der Waals surface area contributed by atoms with Gasteiger partial charge in [-0.25, -0.2) is 0 Å². The van der Waals surface area contributed by atoms with E-state index < -0.39 is 0 Å². The lowest BCUT2D eigenvalue weighted by Crippen LogP contribution is -2.40. The number of hydrogen-bond acceptors (Lipinski definition) is 2. The maximum Gasteiger partial charge on any atom is 0.114 e. The van der Waals surface area contributed by atoms with E-state index in [0.29, 0.717) is 0 Å². The van der Waals surface area contributed by atoms with E-state index in [1.165, 1.54) is 37.8 Å². The summed E-state index contributed by atoms with van der Waals surface area (Å²) in [7, 11) is 2.25. The second kappa shape index (κ2) is 3.54. The summed E-state index contributed by atoms with van der Waals surface area (Å²) in [4.78, 5) is 2.47. The van der Waals surface area contributed by atoms with Crippen molar-refractivity contribution in [2.75, 3.05) is 11.9 Å². The molecule has 0 aromatic carbocycles. The fourth-order valence-electron chi connectivity index (χ4n) is 5.13. The van der Waals surface area contributed by atoms with Crippen LogP contribution in [-0.2, 0) is 0 Å². The van der Waals surface area contributed by atoms with Crippen molar-refractivity contribution in [3.8, 4) is 0 Å². The first-order valence-corrected chi connectivity index (χ1v) is 7.09. The molecule has 5 atom stereocenters. The van der Waals surface area contributed by atoms with Crippen molar-refractivity contribution in [3.63, 3.8) is 0 Å². The van der Waals surface area contributed by atoms with Crippen molar-refractivity contribution in [1.29, 1.82) is 0 Å². The molecule has 17 heavy (non-hydrogen) atoms. The summed E-state index contributed by atoms with van der Waals surface area (Å²) >= 11 is 0. The van der Waals surface area contributed by atoms with E-state index >= 15 is 0 Å². The van der Waals surface area contributed by atoms with Crippen LogP contribution < -0.4 is 4.90 Å². The third kappa shape index (κ3) is 1.33. The van der Waals surface area contributed by atoms with Crippen LogP contribution in [0.25, 0.3) is 0 Å². The molecule has 1 aromatic rings. The minimum atomic E-state index is 0.775. The number of hydrogen-bond donors (Lipinski definition) is 0. The fraction of sp³-hybridized carbons (Fsp3) is 0.733. The number of nitrogens with zero attached hydrogens (tertiary/aromatic N) is 1. The van der Waals surface area contributed by atoms with Crippen LogP contribution in [0.1, 0.15) is 32.1 Å². The molecule has 0 aliphatic heterocycles. The summed E-state index contributed by atoms with van der Waals surface area (Å²) in [6.45, 7) is 0. The van der Waals surface area contributed by atoms with E-state index in [9.17, 15) is 0 Å². The molecule has 5 unspecified atom stereocenters. The van der Waals surface area contributed by atoms with E-state index in [1.807, 2.05) is 6.26 Å². The molecule has 4 rings (SSSR count). The monoisotopic (exact) mass is 231 g/mol. The summed E-state index contributed by atoms with van der Waals surface area (Å²) < 4.78 is 5.22. The Hall–Kier alpha value is -0.920. The van der Waals surface area contributed by atoms with Crippen LogP contribution in [0.2, 0.25) is 0 Å². The van der Waals surface area contributed by atoms with Gasteiger partial charge < -0.3 is 9.32 Å². The van der Waals surface area contributed by atoms with Crippen LogP contribution in [0.4, 0.5) is 5.69 Å². The van der Waals surface area contributed by atoms with E-state index in [4.69, 9.17) is 4.42 Å². The highest BCUT2D eigenvalue weighted by Crippen LogP contribution is 2.59. The lowest BCUT2D eigenvalue weighted by molar-refractivity contribution is 0.230. The molecular formula is C15H21NO. The lowest BCUT2D eigenvalue weighted by atomic mass is 9.78. The molecule has 2 nitrogen and oxygen atoms in total. The maximum atomic E-state index is 5.22. The molecule has 0 N–H and O–H groups in total. The van der Waals surface area contributed by atoms with Gasteiger partial charge in [-0.1, -0.05) is 6.42 Å². The van der Waals surface area contributed by atoms with Gasteiger partial charge in [0.2, 0.25) is 0 Å². The Kier molecular flexibility index (Phi) is 2.09. The van der Waals surface area contributed by atoms with Crippen molar-refractivity contribution in [3.05, 3.63) is 18.6 Å². The first-order valence-electron chi connectivity index (χ1n) is 7.09. The zero-order chi connectivity index (χ0) is 11.4. The smallest absolute Gasteiger partial charge is 0.114 e. The fourth-order valence-corrected chi connectivity index (χ4v) is 5.13. The van der Waals surface area contributed by atoms with Crippen LogP contribution in [0, 0.1) is 23.7 Å². The van der Waals surface area contributed by atoms with E-state index in [0.717, 1.165) is 29.7 Å². The quantitative estimate of drug-likeness (QED) is 0.774. The summed E-state index contributed by atoms with van der Waals surface area (Å²) in [5.74, 6) is 4.14. The van der Waals surface area contributed by atoms with Crippen LogP contribution in [0.15, 0.2) is 23.0 Å². The van der Waals surface area contributed by atoms with Gasteiger partial charge in [0.15, 0.2) is 0 Å². The largest absolute Gasteiger partial charge is 0.470 e. The molecule has 1 aromatic heterocycles. The molecular weight excluding hydrogens is 210 g/mol. The van der Waals surface area contributed by atoms with E-state index in [-0.39, 0.29) is 0 Å². The van der Waals surface area contributed by atoms with Crippen LogP contribution in [0.3, 0.4) is 0 Å². The Morgan fingerprint density at radius 2 is 2.06 bits per heavy atom. The Balaban J connectivity index is 1.58. The highest BCUT2D eigenvalue weighted by molar-refractivity contribution is 5.44. The molecule has 0 radical (unpaired) electrons. The standard InChI is InChI=1S/C15H21NO/c1-16(11-5-6-17-9-11)15-8-10-7-14(15)13-4-2-3-12(10)13/h5-6,9-10,12-15H,2-4,7-8H2,1H3.